The molecule has 6 heteroatoms. The van der Waals surface area contributed by atoms with Crippen LogP contribution in [-0.2, 0) is 0 Å². The number of rotatable bonds is 5. The first-order valence-corrected chi connectivity index (χ1v) is 6.58. The van der Waals surface area contributed by atoms with Crippen molar-refractivity contribution in [3.05, 3.63) is 36.2 Å². The lowest BCUT2D eigenvalue weighted by atomic mass is 10.2. The number of methoxy groups -OCH3 is 1. The number of benzene rings is 1. The molecule has 0 unspecified atom stereocenters. The number of nitrogens with one attached hydrogen (secondary N) is 1. The van der Waals surface area contributed by atoms with Crippen LogP contribution in [0.5, 0.6) is 5.75 Å². The van der Waals surface area contributed by atoms with Crippen LogP contribution in [0, 0.1) is 11.3 Å². The predicted molar refractivity (Wildman–Crippen MR) is 82.0 cm³/mol. The summed E-state index contributed by atoms with van der Waals surface area (Å²) in [7, 11) is 3.48. The lowest BCUT2D eigenvalue weighted by Gasteiger charge is -2.21. The monoisotopic (exact) mass is 283 g/mol. The van der Waals surface area contributed by atoms with Crippen molar-refractivity contribution < 1.29 is 4.74 Å². The standard InChI is InChI=1S/C15H17N5O/c1-4-17-14-13(21-3)15(19-10-18-14)20(2)12-7-5-11(9-16)6-8-12/h5-8,10H,4H2,1-3H3,(H,17,18,19). The van der Waals surface area contributed by atoms with Crippen molar-refractivity contribution in [2.24, 2.45) is 0 Å². The molecule has 0 aliphatic heterocycles. The molecule has 0 saturated heterocycles. The first-order valence-electron chi connectivity index (χ1n) is 6.58. The van der Waals surface area contributed by atoms with Crippen molar-refractivity contribution in [1.29, 1.82) is 5.26 Å². The molecule has 6 nitrogen and oxygen atoms in total. The fourth-order valence-corrected chi connectivity index (χ4v) is 1.97. The predicted octanol–water partition coefficient (Wildman–Crippen LogP) is 2.56. The maximum Gasteiger partial charge on any atom is 0.204 e. The highest BCUT2D eigenvalue weighted by Crippen LogP contribution is 2.34. The second kappa shape index (κ2) is 6.57. The Bertz CT molecular complexity index is 648. The summed E-state index contributed by atoms with van der Waals surface area (Å²) < 4.78 is 5.44. The summed E-state index contributed by atoms with van der Waals surface area (Å²) in [6.07, 6.45) is 1.50. The number of hydrogen-bond donors (Lipinski definition) is 1. The minimum absolute atomic E-state index is 0.589. The molecule has 1 aromatic carbocycles. The molecule has 108 valence electrons. The van der Waals surface area contributed by atoms with Crippen molar-refractivity contribution in [2.45, 2.75) is 6.92 Å². The number of anilines is 3. The molecular formula is C15H17N5O. The van der Waals surface area contributed by atoms with Crippen LogP contribution in [0.15, 0.2) is 30.6 Å². The van der Waals surface area contributed by atoms with Crippen LogP contribution >= 0.6 is 0 Å². The van der Waals surface area contributed by atoms with Gasteiger partial charge in [0.2, 0.25) is 5.75 Å². The van der Waals surface area contributed by atoms with Crippen molar-refractivity contribution >= 4 is 17.3 Å². The summed E-state index contributed by atoms with van der Waals surface area (Å²) >= 11 is 0. The number of hydrogen-bond acceptors (Lipinski definition) is 6. The quantitative estimate of drug-likeness (QED) is 0.909. The van der Waals surface area contributed by atoms with Crippen LogP contribution < -0.4 is 15.0 Å². The molecule has 0 amide bonds. The average Bonchev–Trinajstić information content (AvgIpc) is 2.54. The van der Waals surface area contributed by atoms with Gasteiger partial charge < -0.3 is 15.0 Å². The Balaban J connectivity index is 2.40. The van der Waals surface area contributed by atoms with Gasteiger partial charge in [-0.3, -0.25) is 0 Å². The van der Waals surface area contributed by atoms with E-state index in [-0.39, 0.29) is 0 Å². The SMILES string of the molecule is CCNc1ncnc(N(C)c2ccc(C#N)cc2)c1OC. The molecule has 1 aromatic heterocycles. The molecule has 2 rings (SSSR count). The van der Waals surface area contributed by atoms with Crippen LogP contribution in [0.1, 0.15) is 12.5 Å². The van der Waals surface area contributed by atoms with Gasteiger partial charge in [-0.2, -0.15) is 5.26 Å². The van der Waals surface area contributed by atoms with Gasteiger partial charge in [-0.25, -0.2) is 9.97 Å². The highest BCUT2D eigenvalue weighted by Gasteiger charge is 2.16. The smallest absolute Gasteiger partial charge is 0.204 e. The molecule has 0 saturated carbocycles. The number of nitrogens with zero attached hydrogens (tertiary/aromatic N) is 4. The van der Waals surface area contributed by atoms with E-state index < -0.39 is 0 Å². The minimum atomic E-state index is 0.589. The van der Waals surface area contributed by atoms with E-state index in [0.29, 0.717) is 22.9 Å². The van der Waals surface area contributed by atoms with Gasteiger partial charge in [0.05, 0.1) is 18.7 Å². The fraction of sp³-hybridized carbons (Fsp3) is 0.267. The van der Waals surface area contributed by atoms with Crippen LogP contribution in [0.2, 0.25) is 0 Å². The van der Waals surface area contributed by atoms with Gasteiger partial charge in [-0.1, -0.05) is 0 Å². The van der Waals surface area contributed by atoms with Crippen LogP contribution in [-0.4, -0.2) is 30.7 Å². The Morgan fingerprint density at radius 2 is 2.00 bits per heavy atom. The van der Waals surface area contributed by atoms with Gasteiger partial charge in [0.1, 0.15) is 6.33 Å². The third-order valence-corrected chi connectivity index (χ3v) is 3.03. The first-order chi connectivity index (χ1) is 10.2. The molecule has 0 fully saturated rings. The van der Waals surface area contributed by atoms with E-state index in [4.69, 9.17) is 10.00 Å². The summed E-state index contributed by atoms with van der Waals surface area (Å²) in [6, 6.07) is 9.38. The largest absolute Gasteiger partial charge is 0.490 e. The zero-order chi connectivity index (χ0) is 15.2. The van der Waals surface area contributed by atoms with Crippen molar-refractivity contribution in [3.8, 4) is 11.8 Å². The molecule has 21 heavy (non-hydrogen) atoms. The molecule has 0 aliphatic rings. The van der Waals surface area contributed by atoms with Crippen molar-refractivity contribution in [1.82, 2.24) is 9.97 Å². The summed E-state index contributed by atoms with van der Waals surface area (Å²) in [6.45, 7) is 2.74. The first kappa shape index (κ1) is 14.6. The number of nitriles is 1. The van der Waals surface area contributed by atoms with Gasteiger partial charge >= 0.3 is 0 Å². The van der Waals surface area contributed by atoms with Crippen LogP contribution in [0.4, 0.5) is 17.3 Å². The molecular weight excluding hydrogens is 266 g/mol. The zero-order valence-electron chi connectivity index (χ0n) is 12.3. The highest BCUT2D eigenvalue weighted by atomic mass is 16.5. The van der Waals surface area contributed by atoms with E-state index >= 15 is 0 Å². The normalized spacial score (nSPS) is 9.81. The third-order valence-electron chi connectivity index (χ3n) is 3.03. The highest BCUT2D eigenvalue weighted by molar-refractivity contribution is 5.71. The lowest BCUT2D eigenvalue weighted by Crippen LogP contribution is -2.14. The van der Waals surface area contributed by atoms with E-state index in [1.807, 2.05) is 31.0 Å². The topological polar surface area (TPSA) is 74.1 Å². The summed E-state index contributed by atoms with van der Waals surface area (Å²) in [5, 5.41) is 12.0. The molecule has 1 heterocycles. The van der Waals surface area contributed by atoms with Crippen molar-refractivity contribution in [3.63, 3.8) is 0 Å². The average molecular weight is 283 g/mol. The van der Waals surface area contributed by atoms with Crippen molar-refractivity contribution in [2.75, 3.05) is 30.9 Å². The Morgan fingerprint density at radius 3 is 2.57 bits per heavy atom. The van der Waals surface area contributed by atoms with Crippen LogP contribution in [0.3, 0.4) is 0 Å². The van der Waals surface area contributed by atoms with Gasteiger partial charge in [-0.05, 0) is 31.2 Å². The molecule has 1 N–H and O–H groups in total. The summed E-state index contributed by atoms with van der Waals surface area (Å²) in [5.74, 6) is 1.91. The molecule has 0 atom stereocenters. The van der Waals surface area contributed by atoms with E-state index in [1.54, 1.807) is 19.2 Å². The Labute approximate surface area is 124 Å². The van der Waals surface area contributed by atoms with Gasteiger partial charge in [0, 0.05) is 19.3 Å². The number of aromatic nitrogens is 2. The molecule has 0 bridgehead atoms. The Morgan fingerprint density at radius 1 is 1.29 bits per heavy atom. The Kier molecular flexibility index (Phi) is 4.57. The summed E-state index contributed by atoms with van der Waals surface area (Å²) in [4.78, 5) is 10.4. The minimum Gasteiger partial charge on any atom is -0.490 e. The maximum absolute atomic E-state index is 8.85. The molecule has 0 spiro atoms. The van der Waals surface area contributed by atoms with Gasteiger partial charge in [0.15, 0.2) is 11.6 Å². The fourth-order valence-electron chi connectivity index (χ4n) is 1.97. The number of ether oxygens (including phenoxy) is 1. The van der Waals surface area contributed by atoms with Crippen LogP contribution in [0.25, 0.3) is 0 Å². The molecule has 0 radical (unpaired) electrons. The lowest BCUT2D eigenvalue weighted by molar-refractivity contribution is 0.414. The second-order valence-corrected chi connectivity index (χ2v) is 4.33. The van der Waals surface area contributed by atoms with E-state index in [1.165, 1.54) is 6.33 Å². The molecule has 2 aromatic rings. The zero-order valence-corrected chi connectivity index (χ0v) is 12.3. The second-order valence-electron chi connectivity index (χ2n) is 4.33. The molecule has 0 aliphatic carbocycles. The van der Waals surface area contributed by atoms with Gasteiger partial charge in [0.25, 0.3) is 0 Å². The van der Waals surface area contributed by atoms with E-state index in [2.05, 4.69) is 21.4 Å². The van der Waals surface area contributed by atoms with E-state index in [0.717, 1.165) is 12.2 Å². The van der Waals surface area contributed by atoms with Gasteiger partial charge in [-0.15, -0.1) is 0 Å². The summed E-state index contributed by atoms with van der Waals surface area (Å²) in [5.41, 5.74) is 1.53. The maximum atomic E-state index is 8.85. The Hall–Kier alpha value is -2.81. The van der Waals surface area contributed by atoms with E-state index in [9.17, 15) is 0 Å². The third kappa shape index (κ3) is 3.03.